The predicted molar refractivity (Wildman–Crippen MR) is 54.6 cm³/mol. The van der Waals surface area contributed by atoms with Gasteiger partial charge < -0.3 is 24.2 Å². The van der Waals surface area contributed by atoms with Crippen molar-refractivity contribution in [2.75, 3.05) is 20.3 Å². The van der Waals surface area contributed by atoms with Crippen LogP contribution in [0.4, 0.5) is 0 Å². The van der Waals surface area contributed by atoms with Crippen molar-refractivity contribution in [3.05, 3.63) is 24.3 Å². The molecule has 0 heterocycles. The van der Waals surface area contributed by atoms with Crippen molar-refractivity contribution in [1.82, 2.24) is 0 Å². The van der Waals surface area contributed by atoms with Crippen LogP contribution >= 0.6 is 0 Å². The van der Waals surface area contributed by atoms with Gasteiger partial charge >= 0.3 is 7.32 Å². The SMILES string of the molecule is COCCOc1ccccc1OB(O)O. The third kappa shape index (κ3) is 4.20. The lowest BCUT2D eigenvalue weighted by Gasteiger charge is -2.11. The monoisotopic (exact) mass is 212 g/mol. The summed E-state index contributed by atoms with van der Waals surface area (Å²) in [5, 5.41) is 17.3. The summed E-state index contributed by atoms with van der Waals surface area (Å²) in [6.45, 7) is 0.828. The Morgan fingerprint density at radius 3 is 2.40 bits per heavy atom. The molecule has 0 bridgehead atoms. The lowest BCUT2D eigenvalue weighted by atomic mass is 10.2. The molecule has 0 unspecified atom stereocenters. The maximum Gasteiger partial charge on any atom is 0.707 e. The van der Waals surface area contributed by atoms with Crippen molar-refractivity contribution in [3.63, 3.8) is 0 Å². The van der Waals surface area contributed by atoms with Crippen LogP contribution in [0.2, 0.25) is 0 Å². The van der Waals surface area contributed by atoms with Gasteiger partial charge in [-0.3, -0.25) is 0 Å². The summed E-state index contributed by atoms with van der Waals surface area (Å²) in [6.07, 6.45) is 0. The number of hydrogen-bond donors (Lipinski definition) is 2. The van der Waals surface area contributed by atoms with E-state index in [2.05, 4.69) is 0 Å². The first kappa shape index (κ1) is 11.8. The average Bonchev–Trinajstić information content (AvgIpc) is 2.20. The van der Waals surface area contributed by atoms with Crippen molar-refractivity contribution in [2.24, 2.45) is 0 Å². The van der Waals surface area contributed by atoms with Crippen LogP contribution in [0.25, 0.3) is 0 Å². The van der Waals surface area contributed by atoms with Crippen LogP contribution in [0, 0.1) is 0 Å². The molecule has 0 aliphatic carbocycles. The molecule has 15 heavy (non-hydrogen) atoms. The Morgan fingerprint density at radius 2 is 1.80 bits per heavy atom. The largest absolute Gasteiger partial charge is 0.707 e. The summed E-state index contributed by atoms with van der Waals surface area (Å²) in [6, 6.07) is 6.73. The number of methoxy groups -OCH3 is 1. The average molecular weight is 212 g/mol. The molecule has 2 N–H and O–H groups in total. The molecular weight excluding hydrogens is 199 g/mol. The highest BCUT2D eigenvalue weighted by molar-refractivity contribution is 6.33. The second-order valence-electron chi connectivity index (χ2n) is 2.73. The molecule has 0 spiro atoms. The molecule has 6 heteroatoms. The molecule has 0 aromatic heterocycles. The van der Waals surface area contributed by atoms with Crippen molar-refractivity contribution in [2.45, 2.75) is 0 Å². The molecule has 1 aromatic rings. The minimum atomic E-state index is -1.85. The Morgan fingerprint density at radius 1 is 1.13 bits per heavy atom. The number of rotatable bonds is 6. The van der Waals surface area contributed by atoms with Crippen LogP contribution in [-0.4, -0.2) is 37.7 Å². The summed E-state index contributed by atoms with van der Waals surface area (Å²) in [5.74, 6) is 0.728. The zero-order chi connectivity index (χ0) is 11.1. The van der Waals surface area contributed by atoms with Gasteiger partial charge in [0.05, 0.1) is 6.61 Å². The first-order chi connectivity index (χ1) is 7.24. The molecule has 1 aromatic carbocycles. The van der Waals surface area contributed by atoms with E-state index in [-0.39, 0.29) is 5.75 Å². The van der Waals surface area contributed by atoms with E-state index in [0.29, 0.717) is 19.0 Å². The Bertz CT molecular complexity index is 292. The van der Waals surface area contributed by atoms with E-state index in [9.17, 15) is 0 Å². The molecule has 5 nitrogen and oxygen atoms in total. The van der Waals surface area contributed by atoms with Crippen molar-refractivity contribution in [3.8, 4) is 11.5 Å². The van der Waals surface area contributed by atoms with Gasteiger partial charge in [0.2, 0.25) is 0 Å². The summed E-state index contributed by atoms with van der Waals surface area (Å²) in [5.41, 5.74) is 0. The van der Waals surface area contributed by atoms with E-state index in [0.717, 1.165) is 0 Å². The molecule has 0 aliphatic rings. The van der Waals surface area contributed by atoms with Crippen LogP contribution in [0.5, 0.6) is 11.5 Å². The fourth-order valence-electron chi connectivity index (χ4n) is 1.02. The summed E-state index contributed by atoms with van der Waals surface area (Å²) >= 11 is 0. The maximum atomic E-state index is 8.65. The predicted octanol–water partition coefficient (Wildman–Crippen LogP) is 0.0601. The molecule has 0 radical (unpaired) electrons. The van der Waals surface area contributed by atoms with Crippen LogP contribution in [0.15, 0.2) is 24.3 Å². The summed E-state index contributed by atoms with van der Waals surface area (Å²) in [7, 11) is -0.277. The Labute approximate surface area is 88.4 Å². The van der Waals surface area contributed by atoms with E-state index in [1.165, 1.54) is 0 Å². The molecular formula is C9H13BO5. The van der Waals surface area contributed by atoms with Gasteiger partial charge in [-0.05, 0) is 12.1 Å². The second kappa shape index (κ2) is 6.29. The fraction of sp³-hybridized carbons (Fsp3) is 0.333. The zero-order valence-electron chi connectivity index (χ0n) is 8.42. The third-order valence-corrected chi connectivity index (χ3v) is 1.63. The molecule has 0 fully saturated rings. The van der Waals surface area contributed by atoms with Gasteiger partial charge in [-0.25, -0.2) is 0 Å². The van der Waals surface area contributed by atoms with E-state index in [1.807, 2.05) is 0 Å². The van der Waals surface area contributed by atoms with Crippen molar-refractivity contribution < 1.29 is 24.2 Å². The highest BCUT2D eigenvalue weighted by Crippen LogP contribution is 2.26. The lowest BCUT2D eigenvalue weighted by Crippen LogP contribution is -2.21. The summed E-state index contributed by atoms with van der Waals surface area (Å²) in [4.78, 5) is 0. The van der Waals surface area contributed by atoms with Gasteiger partial charge in [-0.15, -0.1) is 0 Å². The molecule has 0 saturated heterocycles. The van der Waals surface area contributed by atoms with Gasteiger partial charge in [0, 0.05) is 7.11 Å². The van der Waals surface area contributed by atoms with Crippen LogP contribution < -0.4 is 9.39 Å². The van der Waals surface area contributed by atoms with Crippen LogP contribution in [-0.2, 0) is 4.74 Å². The summed E-state index contributed by atoms with van der Waals surface area (Å²) < 4.78 is 14.8. The highest BCUT2D eigenvalue weighted by atomic mass is 16.6. The number of para-hydroxylation sites is 2. The van der Waals surface area contributed by atoms with Crippen LogP contribution in [0.1, 0.15) is 0 Å². The van der Waals surface area contributed by atoms with Crippen molar-refractivity contribution >= 4 is 7.32 Å². The minimum Gasteiger partial charge on any atom is -0.509 e. The van der Waals surface area contributed by atoms with E-state index >= 15 is 0 Å². The lowest BCUT2D eigenvalue weighted by molar-refractivity contribution is 0.144. The van der Waals surface area contributed by atoms with Gasteiger partial charge in [-0.2, -0.15) is 0 Å². The molecule has 0 atom stereocenters. The van der Waals surface area contributed by atoms with Gasteiger partial charge in [0.25, 0.3) is 0 Å². The number of hydrogen-bond acceptors (Lipinski definition) is 5. The van der Waals surface area contributed by atoms with Gasteiger partial charge in [0.1, 0.15) is 12.4 Å². The number of ether oxygens (including phenoxy) is 2. The van der Waals surface area contributed by atoms with Crippen LogP contribution in [0.3, 0.4) is 0 Å². The zero-order valence-corrected chi connectivity index (χ0v) is 8.42. The minimum absolute atomic E-state index is 0.281. The quantitative estimate of drug-likeness (QED) is 0.515. The van der Waals surface area contributed by atoms with Crippen molar-refractivity contribution in [1.29, 1.82) is 0 Å². The Balaban J connectivity index is 2.60. The van der Waals surface area contributed by atoms with E-state index in [1.54, 1.807) is 31.4 Å². The third-order valence-electron chi connectivity index (χ3n) is 1.63. The van der Waals surface area contributed by atoms with E-state index < -0.39 is 7.32 Å². The molecule has 0 amide bonds. The first-order valence-electron chi connectivity index (χ1n) is 4.47. The highest BCUT2D eigenvalue weighted by Gasteiger charge is 2.14. The second-order valence-corrected chi connectivity index (χ2v) is 2.73. The molecule has 0 aliphatic heterocycles. The fourth-order valence-corrected chi connectivity index (χ4v) is 1.02. The van der Waals surface area contributed by atoms with Gasteiger partial charge in [-0.1, -0.05) is 12.1 Å². The maximum absolute atomic E-state index is 8.65. The number of benzene rings is 1. The molecule has 82 valence electrons. The molecule has 0 saturated carbocycles. The first-order valence-corrected chi connectivity index (χ1v) is 4.47. The normalized spacial score (nSPS) is 9.80. The van der Waals surface area contributed by atoms with E-state index in [4.69, 9.17) is 24.2 Å². The topological polar surface area (TPSA) is 68.2 Å². The molecule has 1 rings (SSSR count). The standard InChI is InChI=1S/C9H13BO5/c1-13-6-7-14-8-4-2-3-5-9(8)15-10(11)12/h2-5,11-12H,6-7H2,1H3. The smallest absolute Gasteiger partial charge is 0.509 e. The Hall–Kier alpha value is -1.24. The Kier molecular flexibility index (Phi) is 4.96. The van der Waals surface area contributed by atoms with Gasteiger partial charge in [0.15, 0.2) is 5.75 Å².